The number of aromatic nitrogens is 2. The predicted molar refractivity (Wildman–Crippen MR) is 78.8 cm³/mol. The second-order valence-corrected chi connectivity index (χ2v) is 6.28. The van der Waals surface area contributed by atoms with Gasteiger partial charge >= 0.3 is 0 Å². The lowest BCUT2D eigenvalue weighted by atomic mass is 10.2. The minimum absolute atomic E-state index is 0.0340. The predicted octanol–water partition coefficient (Wildman–Crippen LogP) is 3.12. The smallest absolute Gasteiger partial charge is 0.272 e. The molecule has 1 atom stereocenters. The van der Waals surface area contributed by atoms with Crippen molar-refractivity contribution < 1.29 is 0 Å². The number of rotatable bonds is 4. The van der Waals surface area contributed by atoms with Crippen molar-refractivity contribution in [2.75, 3.05) is 12.0 Å². The van der Waals surface area contributed by atoms with E-state index in [4.69, 9.17) is 12.2 Å². The van der Waals surface area contributed by atoms with Crippen LogP contribution in [-0.2, 0) is 6.54 Å². The first-order chi connectivity index (χ1) is 8.13. The molecule has 0 bridgehead atoms. The molecule has 0 aromatic carbocycles. The van der Waals surface area contributed by atoms with Crippen molar-refractivity contribution in [1.29, 1.82) is 0 Å². The van der Waals surface area contributed by atoms with E-state index < -0.39 is 0 Å². The quantitative estimate of drug-likeness (QED) is 0.878. The molecule has 0 spiro atoms. The zero-order valence-corrected chi connectivity index (χ0v) is 12.2. The maximum absolute atomic E-state index is 12.2. The number of thioether (sulfide) groups is 1. The molecule has 6 heteroatoms. The van der Waals surface area contributed by atoms with Crippen LogP contribution in [0.3, 0.4) is 0 Å². The van der Waals surface area contributed by atoms with Gasteiger partial charge in [0.2, 0.25) is 0 Å². The molecule has 2 aromatic rings. The summed E-state index contributed by atoms with van der Waals surface area (Å²) in [6.07, 6.45) is 2.07. The Labute approximate surface area is 113 Å². The molecule has 2 rings (SSSR count). The summed E-state index contributed by atoms with van der Waals surface area (Å²) < 4.78 is 2.96. The van der Waals surface area contributed by atoms with Crippen molar-refractivity contribution >= 4 is 45.5 Å². The van der Waals surface area contributed by atoms with Gasteiger partial charge < -0.3 is 4.98 Å². The van der Waals surface area contributed by atoms with Crippen LogP contribution in [0.2, 0.25) is 0 Å². The Morgan fingerprint density at radius 3 is 3.12 bits per heavy atom. The van der Waals surface area contributed by atoms with Gasteiger partial charge in [-0.25, -0.2) is 0 Å². The molecule has 17 heavy (non-hydrogen) atoms. The number of fused-ring (bicyclic) bond motifs is 1. The zero-order chi connectivity index (χ0) is 12.4. The average Bonchev–Trinajstić information content (AvgIpc) is 2.72. The maximum atomic E-state index is 12.2. The lowest BCUT2D eigenvalue weighted by Crippen LogP contribution is -2.25. The summed E-state index contributed by atoms with van der Waals surface area (Å²) in [6, 6.07) is 1.90. The normalized spacial score (nSPS) is 13.1. The molecular weight excluding hydrogens is 272 g/mol. The standard InChI is InChI=1S/C11H14N2OS3/c1-7(6-16-2)5-13-10(14)9-8(3-4-17-9)12-11(13)15/h3-4,7H,5-6H2,1-2H3,(H,12,15). The fraction of sp³-hybridized carbons (Fsp3) is 0.455. The largest absolute Gasteiger partial charge is 0.331 e. The van der Waals surface area contributed by atoms with Crippen LogP contribution in [0.4, 0.5) is 0 Å². The molecule has 0 radical (unpaired) electrons. The molecule has 2 heterocycles. The van der Waals surface area contributed by atoms with Crippen molar-refractivity contribution in [2.24, 2.45) is 5.92 Å². The van der Waals surface area contributed by atoms with Gasteiger partial charge in [-0.15, -0.1) is 11.3 Å². The minimum Gasteiger partial charge on any atom is -0.331 e. The number of aromatic amines is 1. The molecule has 92 valence electrons. The molecule has 0 aliphatic carbocycles. The van der Waals surface area contributed by atoms with Gasteiger partial charge in [-0.1, -0.05) is 6.92 Å². The summed E-state index contributed by atoms with van der Waals surface area (Å²) in [5, 5.41) is 1.91. The Morgan fingerprint density at radius 2 is 2.41 bits per heavy atom. The summed E-state index contributed by atoms with van der Waals surface area (Å²) in [7, 11) is 0. The van der Waals surface area contributed by atoms with Crippen LogP contribution in [0.1, 0.15) is 6.92 Å². The van der Waals surface area contributed by atoms with E-state index in [-0.39, 0.29) is 5.56 Å². The first-order valence-corrected chi connectivity index (χ1v) is 8.01. The van der Waals surface area contributed by atoms with E-state index in [0.29, 0.717) is 17.2 Å². The number of nitrogens with one attached hydrogen (secondary N) is 1. The third-order valence-corrected chi connectivity index (χ3v) is 4.66. The molecule has 0 amide bonds. The number of thiophene rings is 1. The van der Waals surface area contributed by atoms with Crippen LogP contribution in [0.5, 0.6) is 0 Å². The third kappa shape index (κ3) is 2.64. The van der Waals surface area contributed by atoms with E-state index in [0.717, 1.165) is 16.0 Å². The van der Waals surface area contributed by atoms with Gasteiger partial charge in [0.1, 0.15) is 4.70 Å². The van der Waals surface area contributed by atoms with Crippen LogP contribution in [-0.4, -0.2) is 21.6 Å². The molecular formula is C11H14N2OS3. The fourth-order valence-electron chi connectivity index (χ4n) is 1.79. The van der Waals surface area contributed by atoms with Gasteiger partial charge in [-0.3, -0.25) is 9.36 Å². The molecule has 1 unspecified atom stereocenters. The van der Waals surface area contributed by atoms with Gasteiger partial charge in [-0.2, -0.15) is 11.8 Å². The van der Waals surface area contributed by atoms with Crippen molar-refractivity contribution in [2.45, 2.75) is 13.5 Å². The Kier molecular flexibility index (Phi) is 4.06. The maximum Gasteiger partial charge on any atom is 0.272 e. The second-order valence-electron chi connectivity index (χ2n) is 4.07. The van der Waals surface area contributed by atoms with Gasteiger partial charge in [0, 0.05) is 6.54 Å². The average molecular weight is 286 g/mol. The zero-order valence-electron chi connectivity index (χ0n) is 9.73. The van der Waals surface area contributed by atoms with E-state index in [9.17, 15) is 4.79 Å². The number of H-pyrrole nitrogens is 1. The van der Waals surface area contributed by atoms with Gasteiger partial charge in [-0.05, 0) is 41.6 Å². The Balaban J connectivity index is 2.46. The number of hydrogen-bond acceptors (Lipinski definition) is 4. The summed E-state index contributed by atoms with van der Waals surface area (Å²) in [6.45, 7) is 2.82. The highest BCUT2D eigenvalue weighted by atomic mass is 32.2. The molecule has 0 saturated heterocycles. The fourth-order valence-corrected chi connectivity index (χ4v) is 3.52. The molecule has 3 nitrogen and oxygen atoms in total. The van der Waals surface area contributed by atoms with E-state index in [1.54, 1.807) is 16.3 Å². The Bertz CT molecular complexity index is 625. The SMILES string of the molecule is CSCC(C)Cn1c(=S)[nH]c2ccsc2c1=O. The molecule has 0 saturated carbocycles. The van der Waals surface area contributed by atoms with E-state index in [1.807, 2.05) is 11.4 Å². The van der Waals surface area contributed by atoms with E-state index in [1.165, 1.54) is 11.3 Å². The first-order valence-electron chi connectivity index (χ1n) is 5.32. The van der Waals surface area contributed by atoms with Crippen LogP contribution >= 0.6 is 35.3 Å². The lowest BCUT2D eigenvalue weighted by Gasteiger charge is -2.12. The van der Waals surface area contributed by atoms with Crippen molar-refractivity contribution in [3.63, 3.8) is 0 Å². The van der Waals surface area contributed by atoms with Gasteiger partial charge in [0.05, 0.1) is 5.52 Å². The van der Waals surface area contributed by atoms with Crippen molar-refractivity contribution in [3.05, 3.63) is 26.6 Å². The molecule has 0 aliphatic rings. The highest BCUT2D eigenvalue weighted by Gasteiger charge is 2.09. The third-order valence-electron chi connectivity index (χ3n) is 2.54. The van der Waals surface area contributed by atoms with E-state index >= 15 is 0 Å². The van der Waals surface area contributed by atoms with E-state index in [2.05, 4.69) is 18.2 Å². The van der Waals surface area contributed by atoms with Crippen molar-refractivity contribution in [3.8, 4) is 0 Å². The molecule has 0 fully saturated rings. The monoisotopic (exact) mass is 286 g/mol. The van der Waals surface area contributed by atoms with Crippen LogP contribution in [0.15, 0.2) is 16.2 Å². The summed E-state index contributed by atoms with van der Waals surface area (Å²) in [5.74, 6) is 1.47. The highest BCUT2D eigenvalue weighted by Crippen LogP contribution is 2.15. The molecule has 1 N–H and O–H groups in total. The number of hydrogen-bond donors (Lipinski definition) is 1. The van der Waals surface area contributed by atoms with Crippen molar-refractivity contribution in [1.82, 2.24) is 9.55 Å². The minimum atomic E-state index is 0.0340. The van der Waals surface area contributed by atoms with Crippen LogP contribution in [0.25, 0.3) is 10.2 Å². The Morgan fingerprint density at radius 1 is 1.65 bits per heavy atom. The molecule has 0 aliphatic heterocycles. The molecule has 2 aromatic heterocycles. The van der Waals surface area contributed by atoms with Gasteiger partial charge in [0.15, 0.2) is 4.77 Å². The van der Waals surface area contributed by atoms with Crippen LogP contribution in [0, 0.1) is 10.7 Å². The second kappa shape index (κ2) is 5.37. The van der Waals surface area contributed by atoms with Gasteiger partial charge in [0.25, 0.3) is 5.56 Å². The Hall–Kier alpha value is -0.590. The first kappa shape index (κ1) is 12.9. The summed E-state index contributed by atoms with van der Waals surface area (Å²) >= 11 is 8.49. The topological polar surface area (TPSA) is 37.8 Å². The van der Waals surface area contributed by atoms with Crippen LogP contribution < -0.4 is 5.56 Å². The highest BCUT2D eigenvalue weighted by molar-refractivity contribution is 7.98. The number of nitrogens with zero attached hydrogens (tertiary/aromatic N) is 1. The summed E-state index contributed by atoms with van der Waals surface area (Å²) in [5.41, 5.74) is 0.880. The lowest BCUT2D eigenvalue weighted by molar-refractivity contribution is 0.511. The summed E-state index contributed by atoms with van der Waals surface area (Å²) in [4.78, 5) is 15.3.